The third-order valence-corrected chi connectivity index (χ3v) is 5.38. The van der Waals surface area contributed by atoms with Crippen molar-refractivity contribution in [2.45, 2.75) is 18.5 Å². The minimum Gasteiger partial charge on any atom is -0.465 e. The average molecular weight is 533 g/mol. The van der Waals surface area contributed by atoms with Gasteiger partial charge in [-0.05, 0) is 36.8 Å². The van der Waals surface area contributed by atoms with Crippen LogP contribution in [0.15, 0.2) is 35.4 Å². The Bertz CT molecular complexity index is 1260. The molecule has 0 aromatic heterocycles. The molecule has 0 saturated carbocycles. The van der Waals surface area contributed by atoms with Gasteiger partial charge in [-0.1, -0.05) is 40.9 Å². The zero-order chi connectivity index (χ0) is 25.8. The van der Waals surface area contributed by atoms with Gasteiger partial charge in [0.2, 0.25) is 5.71 Å². The molecule has 2 amide bonds. The minimum atomic E-state index is -4.77. The van der Waals surface area contributed by atoms with Gasteiger partial charge in [0.05, 0.1) is 22.3 Å². The summed E-state index contributed by atoms with van der Waals surface area (Å²) in [5.41, 5.74) is -1.48. The molecule has 0 spiro atoms. The largest absolute Gasteiger partial charge is 0.465 e. The van der Waals surface area contributed by atoms with Crippen LogP contribution in [0.3, 0.4) is 0 Å². The second-order valence-corrected chi connectivity index (χ2v) is 7.91. The number of hydrogen-bond acceptors (Lipinski definition) is 6. The number of imide groups is 1. The van der Waals surface area contributed by atoms with Crippen molar-refractivity contribution < 1.29 is 27.9 Å². The maximum absolute atomic E-state index is 13.3. The number of hydrazone groups is 1. The van der Waals surface area contributed by atoms with Crippen molar-refractivity contribution in [3.05, 3.63) is 62.1 Å². The van der Waals surface area contributed by atoms with E-state index in [1.807, 2.05) is 6.07 Å². The van der Waals surface area contributed by atoms with Gasteiger partial charge in [0.1, 0.15) is 11.5 Å². The molecule has 2 aromatic carbocycles. The number of halogens is 6. The Morgan fingerprint density at radius 1 is 1.06 bits per heavy atom. The van der Waals surface area contributed by atoms with Crippen LogP contribution in [0.5, 0.6) is 0 Å². The normalized spacial score (nSPS) is 13.3. The smallest absolute Gasteiger partial charge is 0.417 e. The van der Waals surface area contributed by atoms with Crippen LogP contribution in [0, 0.1) is 22.7 Å². The van der Waals surface area contributed by atoms with Gasteiger partial charge in [0.25, 0.3) is 5.91 Å². The fourth-order valence-corrected chi connectivity index (χ4v) is 3.93. The van der Waals surface area contributed by atoms with Crippen LogP contribution in [0.25, 0.3) is 0 Å². The highest BCUT2D eigenvalue weighted by Crippen LogP contribution is 2.44. The molecular formula is C20H11Cl3F3N5O3. The number of anilines is 1. The third-order valence-electron chi connectivity index (χ3n) is 4.45. The summed E-state index contributed by atoms with van der Waals surface area (Å²) in [5.74, 6) is -1.29. The van der Waals surface area contributed by atoms with Gasteiger partial charge >= 0.3 is 12.3 Å². The first-order chi connectivity index (χ1) is 15.7. The summed E-state index contributed by atoms with van der Waals surface area (Å²) in [6, 6.07) is 8.70. The molecule has 176 valence electrons. The Balaban J connectivity index is 2.52. The lowest BCUT2D eigenvalue weighted by Crippen LogP contribution is -2.34. The van der Waals surface area contributed by atoms with E-state index < -0.39 is 39.9 Å². The Kier molecular flexibility index (Phi) is 8.01. The first-order valence-electron chi connectivity index (χ1n) is 8.80. The molecule has 0 aliphatic carbocycles. The maximum atomic E-state index is 13.3. The van der Waals surface area contributed by atoms with Crippen molar-refractivity contribution in [2.75, 3.05) is 5.43 Å². The fourth-order valence-electron chi connectivity index (χ4n) is 2.84. The number of nitrogens with zero attached hydrogens (tertiary/aromatic N) is 3. The van der Waals surface area contributed by atoms with Crippen molar-refractivity contribution >= 4 is 58.2 Å². The highest BCUT2D eigenvalue weighted by atomic mass is 35.5. The molecule has 2 aromatic rings. The Labute approximate surface area is 205 Å². The van der Waals surface area contributed by atoms with E-state index >= 15 is 0 Å². The van der Waals surface area contributed by atoms with Crippen LogP contribution in [0.4, 0.5) is 23.7 Å². The number of amides is 2. The van der Waals surface area contributed by atoms with E-state index in [9.17, 15) is 28.0 Å². The topological polar surface area (TPSA) is 138 Å². The second-order valence-electron chi connectivity index (χ2n) is 6.69. The maximum Gasteiger partial charge on any atom is 0.417 e. The quantitative estimate of drug-likeness (QED) is 0.339. The molecule has 3 N–H and O–H groups in total. The Morgan fingerprint density at radius 2 is 1.65 bits per heavy atom. The number of hydrogen-bond donors (Lipinski definition) is 3. The zero-order valence-corrected chi connectivity index (χ0v) is 19.0. The molecule has 0 heterocycles. The molecule has 34 heavy (non-hydrogen) atoms. The van der Waals surface area contributed by atoms with Gasteiger partial charge in [-0.2, -0.15) is 28.8 Å². The lowest BCUT2D eigenvalue weighted by atomic mass is 9.77. The molecule has 1 atom stereocenters. The van der Waals surface area contributed by atoms with E-state index in [0.717, 1.165) is 12.1 Å². The molecule has 0 radical (unpaired) electrons. The Hall–Kier alpha value is -3.51. The number of carbonyl (C=O) groups excluding carboxylic acids is 1. The molecule has 0 aliphatic heterocycles. The van der Waals surface area contributed by atoms with E-state index in [2.05, 4.69) is 10.5 Å². The molecule has 0 bridgehead atoms. The molecule has 2 rings (SSSR count). The molecule has 0 saturated heterocycles. The molecule has 0 fully saturated rings. The molecule has 1 unspecified atom stereocenters. The van der Waals surface area contributed by atoms with Crippen LogP contribution in [-0.2, 0) is 16.4 Å². The van der Waals surface area contributed by atoms with Crippen molar-refractivity contribution in [2.24, 2.45) is 5.10 Å². The van der Waals surface area contributed by atoms with E-state index in [0.29, 0.717) is 0 Å². The number of carbonyl (C=O) groups is 2. The number of nitrogens with one attached hydrogen (secondary N) is 2. The molecule has 14 heteroatoms. The van der Waals surface area contributed by atoms with Gasteiger partial charge in [-0.3, -0.25) is 15.5 Å². The minimum absolute atomic E-state index is 0.0209. The summed E-state index contributed by atoms with van der Waals surface area (Å²) in [5, 5.41) is 31.4. The SMILES string of the molecule is CC(C#N)(c1ccc(Cl)c(C(F)(F)F)c1)c1c(Cl)cc(NN=C(C#N)C(=O)NC(=O)O)cc1Cl. The van der Waals surface area contributed by atoms with Crippen LogP contribution in [0.2, 0.25) is 15.1 Å². The summed E-state index contributed by atoms with van der Waals surface area (Å²) in [4.78, 5) is 22.1. The molecular weight excluding hydrogens is 522 g/mol. The summed E-state index contributed by atoms with van der Waals surface area (Å²) >= 11 is 18.3. The molecule has 8 nitrogen and oxygen atoms in total. The summed E-state index contributed by atoms with van der Waals surface area (Å²) in [6.45, 7) is 1.32. The predicted molar refractivity (Wildman–Crippen MR) is 118 cm³/mol. The number of rotatable bonds is 5. The van der Waals surface area contributed by atoms with Crippen LogP contribution in [0.1, 0.15) is 23.6 Å². The van der Waals surface area contributed by atoms with Crippen molar-refractivity contribution in [1.29, 1.82) is 10.5 Å². The number of benzene rings is 2. The first-order valence-corrected chi connectivity index (χ1v) is 9.94. The van der Waals surface area contributed by atoms with Crippen molar-refractivity contribution in [1.82, 2.24) is 5.32 Å². The number of carboxylic acid groups (broad SMARTS) is 1. The average Bonchev–Trinajstić information content (AvgIpc) is 2.72. The lowest BCUT2D eigenvalue weighted by molar-refractivity contribution is -0.137. The van der Waals surface area contributed by atoms with E-state index in [4.69, 9.17) is 45.2 Å². The highest BCUT2D eigenvalue weighted by Gasteiger charge is 2.38. The van der Waals surface area contributed by atoms with Crippen LogP contribution < -0.4 is 10.7 Å². The van der Waals surface area contributed by atoms with E-state index in [1.165, 1.54) is 36.5 Å². The summed E-state index contributed by atoms with van der Waals surface area (Å²) in [7, 11) is 0. The zero-order valence-electron chi connectivity index (χ0n) is 16.8. The van der Waals surface area contributed by atoms with Gasteiger partial charge in [0.15, 0.2) is 0 Å². The van der Waals surface area contributed by atoms with Crippen LogP contribution in [-0.4, -0.2) is 22.8 Å². The van der Waals surface area contributed by atoms with E-state index in [-0.39, 0.29) is 26.9 Å². The van der Waals surface area contributed by atoms with Gasteiger partial charge in [-0.25, -0.2) is 4.79 Å². The number of alkyl halides is 3. The van der Waals surface area contributed by atoms with E-state index in [1.54, 1.807) is 0 Å². The van der Waals surface area contributed by atoms with Crippen molar-refractivity contribution in [3.8, 4) is 12.1 Å². The standard InChI is InChI=1S/C20H11Cl3F3N5O3/c1-19(8-28,9-2-3-12(21)11(4-9)20(24,25)26)16-13(22)5-10(6-14(16)23)30-31-15(7-27)17(32)29-18(33)34/h2-6,30H,1H3,(H,29,32)(H,33,34). The number of nitriles is 2. The monoisotopic (exact) mass is 531 g/mol. The van der Waals surface area contributed by atoms with Crippen LogP contribution >= 0.6 is 34.8 Å². The fraction of sp³-hybridized carbons (Fsp3) is 0.150. The third kappa shape index (κ3) is 5.69. The van der Waals surface area contributed by atoms with Gasteiger partial charge < -0.3 is 5.11 Å². The van der Waals surface area contributed by atoms with Crippen molar-refractivity contribution in [3.63, 3.8) is 0 Å². The Morgan fingerprint density at radius 3 is 2.12 bits per heavy atom. The lowest BCUT2D eigenvalue weighted by Gasteiger charge is -2.26. The predicted octanol–water partition coefficient (Wildman–Crippen LogP) is 5.58. The highest BCUT2D eigenvalue weighted by molar-refractivity contribution is 6.46. The van der Waals surface area contributed by atoms with Gasteiger partial charge in [-0.15, -0.1) is 0 Å². The first kappa shape index (κ1) is 26.7. The van der Waals surface area contributed by atoms with Gasteiger partial charge in [0, 0.05) is 15.6 Å². The summed E-state index contributed by atoms with van der Waals surface area (Å²) in [6.07, 6.45) is -6.47. The second kappa shape index (κ2) is 10.2. The molecule has 0 aliphatic rings. The summed E-state index contributed by atoms with van der Waals surface area (Å²) < 4.78 is 39.9.